The smallest absolute Gasteiger partial charge is 0.263 e. The molecule has 6 rings (SSSR count). The van der Waals surface area contributed by atoms with Crippen LogP contribution in [-0.4, -0.2) is 69.8 Å². The van der Waals surface area contributed by atoms with Crippen molar-refractivity contribution < 1.29 is 8.42 Å². The number of anilines is 3. The summed E-state index contributed by atoms with van der Waals surface area (Å²) in [5, 5.41) is 13.7. The summed E-state index contributed by atoms with van der Waals surface area (Å²) in [5.74, 6) is 0.903. The molecule has 0 atom stereocenters. The molecular formula is C28H29N9O2S3. The summed E-state index contributed by atoms with van der Waals surface area (Å²) in [6.07, 6.45) is 4.29. The van der Waals surface area contributed by atoms with E-state index in [0.717, 1.165) is 46.1 Å². The van der Waals surface area contributed by atoms with Gasteiger partial charge in [-0.2, -0.15) is 0 Å². The van der Waals surface area contributed by atoms with E-state index in [2.05, 4.69) is 76.2 Å². The van der Waals surface area contributed by atoms with E-state index < -0.39 is 10.0 Å². The number of piperazine rings is 1. The van der Waals surface area contributed by atoms with Crippen molar-refractivity contribution in [1.82, 2.24) is 30.0 Å². The third kappa shape index (κ3) is 5.78. The van der Waals surface area contributed by atoms with E-state index in [1.165, 1.54) is 29.0 Å². The van der Waals surface area contributed by atoms with Gasteiger partial charge in [0.05, 0.1) is 10.3 Å². The van der Waals surface area contributed by atoms with Crippen LogP contribution in [-0.2, 0) is 16.4 Å². The van der Waals surface area contributed by atoms with E-state index in [9.17, 15) is 8.42 Å². The molecule has 14 heteroatoms. The highest BCUT2D eigenvalue weighted by Gasteiger charge is 2.24. The molecule has 0 unspecified atom stereocenters. The lowest BCUT2D eigenvalue weighted by Gasteiger charge is -2.37. The number of rotatable bonds is 7. The van der Waals surface area contributed by atoms with Crippen molar-refractivity contribution >= 4 is 66.4 Å². The van der Waals surface area contributed by atoms with Crippen molar-refractivity contribution in [2.24, 2.45) is 0 Å². The number of hydrogen-bond donors (Lipinski definition) is 3. The number of nitrogens with one attached hydrogen (secondary N) is 3. The van der Waals surface area contributed by atoms with Gasteiger partial charge in [-0.15, -0.1) is 10.2 Å². The lowest BCUT2D eigenvalue weighted by atomic mass is 10.0. The van der Waals surface area contributed by atoms with Crippen molar-refractivity contribution in [3.63, 3.8) is 0 Å². The number of sulfonamides is 1. The molecule has 42 heavy (non-hydrogen) atoms. The molecule has 2 aromatic carbocycles. The van der Waals surface area contributed by atoms with Crippen molar-refractivity contribution in [2.45, 2.75) is 25.2 Å². The minimum absolute atomic E-state index is 0.131. The van der Waals surface area contributed by atoms with E-state index in [-0.39, 0.29) is 10.0 Å². The molecule has 0 aliphatic carbocycles. The first kappa shape index (κ1) is 28.0. The molecule has 0 spiro atoms. The molecule has 4 heterocycles. The fourth-order valence-corrected chi connectivity index (χ4v) is 7.01. The Morgan fingerprint density at radius 2 is 1.76 bits per heavy atom. The van der Waals surface area contributed by atoms with Crippen LogP contribution in [0.3, 0.4) is 0 Å². The van der Waals surface area contributed by atoms with E-state index in [4.69, 9.17) is 12.2 Å². The first-order chi connectivity index (χ1) is 20.3. The summed E-state index contributed by atoms with van der Waals surface area (Å²) in [6.45, 7) is 6.91. The van der Waals surface area contributed by atoms with Gasteiger partial charge in [0.2, 0.25) is 5.13 Å². The summed E-state index contributed by atoms with van der Waals surface area (Å²) < 4.78 is 28.0. The number of benzene rings is 2. The summed E-state index contributed by atoms with van der Waals surface area (Å²) in [6, 6.07) is 14.9. The largest absolute Gasteiger partial charge is 0.352 e. The molecule has 0 amide bonds. The van der Waals surface area contributed by atoms with Gasteiger partial charge in [0.15, 0.2) is 5.11 Å². The second-order valence-electron chi connectivity index (χ2n) is 9.88. The Bertz CT molecular complexity index is 1830. The Balaban J connectivity index is 1.09. The minimum Gasteiger partial charge on any atom is -0.352 e. The van der Waals surface area contributed by atoms with E-state index >= 15 is 0 Å². The Hall–Kier alpha value is -4.14. The summed E-state index contributed by atoms with van der Waals surface area (Å²) in [4.78, 5) is 16.9. The molecule has 0 saturated carbocycles. The molecule has 1 aliphatic heterocycles. The number of hydrogen-bond acceptors (Lipinski definition) is 9. The number of H-pyrrole nitrogens is 1. The van der Waals surface area contributed by atoms with Gasteiger partial charge in [0, 0.05) is 43.6 Å². The average Bonchev–Trinajstić information content (AvgIpc) is 3.65. The molecule has 5 aromatic rings. The Morgan fingerprint density at radius 1 is 1.02 bits per heavy atom. The van der Waals surface area contributed by atoms with Crippen LogP contribution < -0.4 is 14.9 Å². The van der Waals surface area contributed by atoms with Gasteiger partial charge in [-0.3, -0.25) is 4.72 Å². The fraction of sp³-hybridized carbons (Fsp3) is 0.250. The van der Waals surface area contributed by atoms with E-state index in [1.807, 2.05) is 13.1 Å². The lowest BCUT2D eigenvalue weighted by molar-refractivity contribution is 0.390. The molecule has 1 saturated heterocycles. The third-order valence-electron chi connectivity index (χ3n) is 7.09. The van der Waals surface area contributed by atoms with Gasteiger partial charge >= 0.3 is 0 Å². The molecule has 3 N–H and O–H groups in total. The number of thiocarbonyl (C=S) groups is 1. The summed E-state index contributed by atoms with van der Waals surface area (Å²) >= 11 is 6.92. The van der Waals surface area contributed by atoms with Crippen LogP contribution in [0.15, 0.2) is 66.0 Å². The maximum atomic E-state index is 12.8. The minimum atomic E-state index is -3.77. The topological polar surface area (TPSA) is 132 Å². The van der Waals surface area contributed by atoms with Gasteiger partial charge in [-0.25, -0.2) is 18.4 Å². The summed E-state index contributed by atoms with van der Waals surface area (Å²) in [7, 11) is -3.77. The molecule has 0 bridgehead atoms. The number of aromatic amines is 1. The van der Waals surface area contributed by atoms with Crippen molar-refractivity contribution in [2.75, 3.05) is 41.1 Å². The van der Waals surface area contributed by atoms with Gasteiger partial charge in [0.1, 0.15) is 22.8 Å². The molecule has 3 aromatic heterocycles. The van der Waals surface area contributed by atoms with Crippen molar-refractivity contribution in [1.29, 1.82) is 0 Å². The second-order valence-corrected chi connectivity index (χ2v) is 13.0. The monoisotopic (exact) mass is 619 g/mol. The SMILES string of the molecule is CCc1nnc(NS(=O)(=O)c2ccc(NC(=S)N3CCN(c4ncnc5[nH]cc(-c6ccc(C)cc6)c45)CC3)cc2)s1. The van der Waals surface area contributed by atoms with Crippen LogP contribution in [0.1, 0.15) is 17.5 Å². The number of aryl methyl sites for hydroxylation is 2. The van der Waals surface area contributed by atoms with Crippen LogP contribution >= 0.6 is 23.6 Å². The Labute approximate surface area is 253 Å². The molecule has 1 aliphatic rings. The van der Waals surface area contributed by atoms with Crippen molar-refractivity contribution in [3.05, 3.63) is 71.6 Å². The molecule has 216 valence electrons. The highest BCUT2D eigenvalue weighted by Crippen LogP contribution is 2.34. The van der Waals surface area contributed by atoms with Crippen LogP contribution in [0, 0.1) is 6.92 Å². The predicted octanol–water partition coefficient (Wildman–Crippen LogP) is 4.67. The fourth-order valence-electron chi connectivity index (χ4n) is 4.80. The van der Waals surface area contributed by atoms with Crippen LogP contribution in [0.2, 0.25) is 0 Å². The Morgan fingerprint density at radius 3 is 2.45 bits per heavy atom. The van der Waals surface area contributed by atoms with E-state index in [1.54, 1.807) is 18.5 Å². The molecule has 11 nitrogen and oxygen atoms in total. The first-order valence-corrected chi connectivity index (χ1v) is 16.2. The van der Waals surface area contributed by atoms with Gasteiger partial charge < -0.3 is 20.1 Å². The lowest BCUT2D eigenvalue weighted by Crippen LogP contribution is -2.50. The second kappa shape index (κ2) is 11.6. The average molecular weight is 620 g/mol. The highest BCUT2D eigenvalue weighted by atomic mass is 32.2. The van der Waals surface area contributed by atoms with E-state index in [0.29, 0.717) is 30.3 Å². The summed E-state index contributed by atoms with van der Waals surface area (Å²) in [5.41, 5.74) is 4.92. The highest BCUT2D eigenvalue weighted by molar-refractivity contribution is 7.93. The molecule has 1 fully saturated rings. The maximum Gasteiger partial charge on any atom is 0.263 e. The zero-order valence-corrected chi connectivity index (χ0v) is 25.5. The quantitative estimate of drug-likeness (QED) is 0.221. The zero-order chi connectivity index (χ0) is 29.3. The maximum absolute atomic E-state index is 12.8. The predicted molar refractivity (Wildman–Crippen MR) is 171 cm³/mol. The Kier molecular flexibility index (Phi) is 7.75. The molecule has 0 radical (unpaired) electrons. The standard InChI is InChI=1S/C28H29N9O2S3/c1-3-23-33-34-27(41-23)35-42(38,39)21-10-8-20(9-11-21)32-28(40)37-14-12-36(13-15-37)26-24-22(16-29-25(24)30-17-31-26)19-6-4-18(2)5-7-19/h4-11,16-17H,3,12-15H2,1-2H3,(H,32,40)(H,34,35)(H,29,30,31). The van der Waals surface area contributed by atoms with Gasteiger partial charge in [-0.1, -0.05) is 48.1 Å². The number of nitrogens with zero attached hydrogens (tertiary/aromatic N) is 6. The normalized spacial score (nSPS) is 13.9. The van der Waals surface area contributed by atoms with Crippen LogP contribution in [0.5, 0.6) is 0 Å². The van der Waals surface area contributed by atoms with Crippen LogP contribution in [0.25, 0.3) is 22.2 Å². The number of fused-ring (bicyclic) bond motifs is 1. The van der Waals surface area contributed by atoms with Crippen molar-refractivity contribution in [3.8, 4) is 11.1 Å². The first-order valence-electron chi connectivity index (χ1n) is 13.5. The van der Waals surface area contributed by atoms with Crippen LogP contribution in [0.4, 0.5) is 16.6 Å². The van der Waals surface area contributed by atoms with Gasteiger partial charge in [-0.05, 0) is 55.4 Å². The third-order valence-corrected chi connectivity index (χ3v) is 9.91. The molecular weight excluding hydrogens is 591 g/mol. The number of aromatic nitrogens is 5. The van der Waals surface area contributed by atoms with Gasteiger partial charge in [0.25, 0.3) is 10.0 Å². The zero-order valence-electron chi connectivity index (χ0n) is 23.0.